The number of carbonyl (C=O) groups excluding carboxylic acids is 2. The Balaban J connectivity index is 1.67. The van der Waals surface area contributed by atoms with Crippen molar-refractivity contribution in [2.75, 3.05) is 40.3 Å². The van der Waals surface area contributed by atoms with Crippen molar-refractivity contribution in [2.45, 2.75) is 25.3 Å². The van der Waals surface area contributed by atoms with Gasteiger partial charge in [0.2, 0.25) is 5.91 Å². The first-order valence-corrected chi connectivity index (χ1v) is 8.95. The summed E-state index contributed by atoms with van der Waals surface area (Å²) in [6.07, 6.45) is 2.55. The van der Waals surface area contributed by atoms with Crippen LogP contribution < -0.4 is 10.6 Å². The summed E-state index contributed by atoms with van der Waals surface area (Å²) < 4.78 is 0. The standard InChI is InChI=1S/C16H26N4O2S/c1-19(2)13(14-6-5-11-23-14)12-18-16(22)17-8-7-15(21)20-9-3-4-10-20/h5-6,11,13H,3-4,7-10,12H2,1-2H3,(H2,17,18,22). The first kappa shape index (κ1) is 17.7. The number of thiophene rings is 1. The minimum Gasteiger partial charge on any atom is -0.343 e. The third-order valence-electron chi connectivity index (χ3n) is 4.03. The Labute approximate surface area is 141 Å². The number of nitrogens with one attached hydrogen (secondary N) is 2. The lowest BCUT2D eigenvalue weighted by atomic mass is 10.2. The van der Waals surface area contributed by atoms with Crippen LogP contribution in [0.1, 0.15) is 30.2 Å². The SMILES string of the molecule is CN(C)C(CNC(=O)NCCC(=O)N1CCCC1)c1cccs1. The van der Waals surface area contributed by atoms with Gasteiger partial charge in [-0.1, -0.05) is 6.07 Å². The summed E-state index contributed by atoms with van der Waals surface area (Å²) in [6.45, 7) is 2.64. The summed E-state index contributed by atoms with van der Waals surface area (Å²) >= 11 is 1.68. The largest absolute Gasteiger partial charge is 0.343 e. The fourth-order valence-electron chi connectivity index (χ4n) is 2.68. The number of hydrogen-bond acceptors (Lipinski definition) is 4. The van der Waals surface area contributed by atoms with E-state index >= 15 is 0 Å². The van der Waals surface area contributed by atoms with E-state index in [1.807, 2.05) is 30.4 Å². The van der Waals surface area contributed by atoms with Gasteiger partial charge in [0.25, 0.3) is 0 Å². The molecule has 1 saturated heterocycles. The van der Waals surface area contributed by atoms with Crippen molar-refractivity contribution >= 4 is 23.3 Å². The Morgan fingerprint density at radius 2 is 2.04 bits per heavy atom. The number of urea groups is 1. The molecule has 0 spiro atoms. The Kier molecular flexibility index (Phi) is 6.85. The van der Waals surface area contributed by atoms with Crippen LogP contribution in [0.5, 0.6) is 0 Å². The van der Waals surface area contributed by atoms with Gasteiger partial charge in [-0.05, 0) is 38.4 Å². The van der Waals surface area contributed by atoms with Crippen LogP contribution in [-0.2, 0) is 4.79 Å². The number of amides is 3. The normalized spacial score (nSPS) is 15.7. The van der Waals surface area contributed by atoms with Crippen LogP contribution in [-0.4, -0.2) is 62.0 Å². The Morgan fingerprint density at radius 1 is 1.30 bits per heavy atom. The average molecular weight is 338 g/mol. The molecule has 1 atom stereocenters. The molecule has 128 valence electrons. The van der Waals surface area contributed by atoms with Gasteiger partial charge < -0.3 is 20.4 Å². The predicted octanol–water partition coefficient (Wildman–Crippen LogP) is 1.66. The molecule has 2 N–H and O–H groups in total. The highest BCUT2D eigenvalue weighted by Gasteiger charge is 2.18. The lowest BCUT2D eigenvalue weighted by Crippen LogP contribution is -2.41. The van der Waals surface area contributed by atoms with Crippen molar-refractivity contribution in [2.24, 2.45) is 0 Å². The molecule has 0 aliphatic carbocycles. The van der Waals surface area contributed by atoms with Crippen LogP contribution >= 0.6 is 11.3 Å². The first-order chi connectivity index (χ1) is 11.1. The number of carbonyl (C=O) groups is 2. The first-order valence-electron chi connectivity index (χ1n) is 8.07. The lowest BCUT2D eigenvalue weighted by Gasteiger charge is -2.23. The molecular formula is C16H26N4O2S. The van der Waals surface area contributed by atoms with Crippen molar-refractivity contribution < 1.29 is 9.59 Å². The highest BCUT2D eigenvalue weighted by molar-refractivity contribution is 7.10. The van der Waals surface area contributed by atoms with E-state index in [4.69, 9.17) is 0 Å². The molecule has 1 aromatic heterocycles. The van der Waals surface area contributed by atoms with Crippen LogP contribution in [0.4, 0.5) is 4.79 Å². The van der Waals surface area contributed by atoms with Crippen molar-refractivity contribution in [3.05, 3.63) is 22.4 Å². The van der Waals surface area contributed by atoms with Crippen LogP contribution in [0.3, 0.4) is 0 Å². The number of hydrogen-bond donors (Lipinski definition) is 2. The van der Waals surface area contributed by atoms with Crippen LogP contribution in [0.15, 0.2) is 17.5 Å². The Morgan fingerprint density at radius 3 is 2.65 bits per heavy atom. The quantitative estimate of drug-likeness (QED) is 0.795. The second-order valence-corrected chi connectivity index (χ2v) is 6.95. The van der Waals surface area contributed by atoms with E-state index in [1.54, 1.807) is 11.3 Å². The topological polar surface area (TPSA) is 64.7 Å². The highest BCUT2D eigenvalue weighted by Crippen LogP contribution is 2.22. The second-order valence-electron chi connectivity index (χ2n) is 5.97. The van der Waals surface area contributed by atoms with Gasteiger partial charge in [0.05, 0.1) is 6.04 Å². The molecule has 0 aromatic carbocycles. The summed E-state index contributed by atoms with van der Waals surface area (Å²) in [5.74, 6) is 0.132. The van der Waals surface area contributed by atoms with E-state index in [2.05, 4.69) is 21.6 Å². The van der Waals surface area contributed by atoms with Gasteiger partial charge in [0, 0.05) is 37.5 Å². The average Bonchev–Trinajstić information content (AvgIpc) is 3.20. The van der Waals surface area contributed by atoms with Crippen LogP contribution in [0.25, 0.3) is 0 Å². The van der Waals surface area contributed by atoms with E-state index in [-0.39, 0.29) is 18.0 Å². The maximum atomic E-state index is 11.9. The zero-order valence-corrected chi connectivity index (χ0v) is 14.7. The van der Waals surface area contributed by atoms with Crippen molar-refractivity contribution in [3.8, 4) is 0 Å². The summed E-state index contributed by atoms with van der Waals surface area (Å²) in [6, 6.07) is 4.03. The Bertz CT molecular complexity index is 498. The summed E-state index contributed by atoms with van der Waals surface area (Å²) in [7, 11) is 4.00. The van der Waals surface area contributed by atoms with Gasteiger partial charge in [-0.2, -0.15) is 0 Å². The van der Waals surface area contributed by atoms with E-state index in [9.17, 15) is 9.59 Å². The van der Waals surface area contributed by atoms with Crippen molar-refractivity contribution in [1.29, 1.82) is 0 Å². The second kappa shape index (κ2) is 8.88. The maximum absolute atomic E-state index is 11.9. The zero-order valence-electron chi connectivity index (χ0n) is 13.9. The van der Waals surface area contributed by atoms with Crippen molar-refractivity contribution in [1.82, 2.24) is 20.4 Å². The third-order valence-corrected chi connectivity index (χ3v) is 5.01. The van der Waals surface area contributed by atoms with Crippen LogP contribution in [0.2, 0.25) is 0 Å². The van der Waals surface area contributed by atoms with Gasteiger partial charge in [-0.15, -0.1) is 11.3 Å². The third kappa shape index (κ3) is 5.51. The fourth-order valence-corrected chi connectivity index (χ4v) is 3.60. The molecule has 1 fully saturated rings. The minimum absolute atomic E-state index is 0.132. The summed E-state index contributed by atoms with van der Waals surface area (Å²) in [5, 5.41) is 7.69. The number of likely N-dealkylation sites (N-methyl/N-ethyl adjacent to an activating group) is 1. The molecule has 1 aromatic rings. The molecule has 6 nitrogen and oxygen atoms in total. The molecule has 0 radical (unpaired) electrons. The minimum atomic E-state index is -0.220. The Hall–Kier alpha value is -1.60. The zero-order chi connectivity index (χ0) is 16.7. The van der Waals surface area contributed by atoms with Gasteiger partial charge in [0.1, 0.15) is 0 Å². The summed E-state index contributed by atoms with van der Waals surface area (Å²) in [4.78, 5) is 28.9. The summed E-state index contributed by atoms with van der Waals surface area (Å²) in [5.41, 5.74) is 0. The van der Waals surface area contributed by atoms with Gasteiger partial charge >= 0.3 is 6.03 Å². The molecular weight excluding hydrogens is 312 g/mol. The lowest BCUT2D eigenvalue weighted by molar-refractivity contribution is -0.129. The molecule has 3 amide bonds. The van der Waals surface area contributed by atoms with E-state index in [1.165, 1.54) is 4.88 Å². The molecule has 2 rings (SSSR count). The number of rotatable bonds is 7. The van der Waals surface area contributed by atoms with Crippen molar-refractivity contribution in [3.63, 3.8) is 0 Å². The highest BCUT2D eigenvalue weighted by atomic mass is 32.1. The van der Waals surface area contributed by atoms with Crippen LogP contribution in [0, 0.1) is 0 Å². The number of likely N-dealkylation sites (tertiary alicyclic amines) is 1. The van der Waals surface area contributed by atoms with E-state index in [0.29, 0.717) is 19.5 Å². The smallest absolute Gasteiger partial charge is 0.314 e. The molecule has 23 heavy (non-hydrogen) atoms. The molecule has 1 aliphatic heterocycles. The monoisotopic (exact) mass is 338 g/mol. The molecule has 7 heteroatoms. The molecule has 1 aliphatic rings. The molecule has 2 heterocycles. The van der Waals surface area contributed by atoms with Gasteiger partial charge in [-0.25, -0.2) is 4.79 Å². The molecule has 0 bridgehead atoms. The van der Waals surface area contributed by atoms with Gasteiger partial charge in [-0.3, -0.25) is 4.79 Å². The predicted molar refractivity (Wildman–Crippen MR) is 92.6 cm³/mol. The van der Waals surface area contributed by atoms with E-state index in [0.717, 1.165) is 25.9 Å². The molecule has 1 unspecified atom stereocenters. The van der Waals surface area contributed by atoms with E-state index < -0.39 is 0 Å². The maximum Gasteiger partial charge on any atom is 0.314 e. The number of nitrogens with zero attached hydrogens (tertiary/aromatic N) is 2. The fraction of sp³-hybridized carbons (Fsp3) is 0.625. The molecule has 0 saturated carbocycles. The van der Waals surface area contributed by atoms with Gasteiger partial charge in [0.15, 0.2) is 0 Å².